The molecule has 4 nitrogen and oxygen atoms in total. The van der Waals surface area contributed by atoms with Crippen molar-refractivity contribution in [3.63, 3.8) is 0 Å². The lowest BCUT2D eigenvalue weighted by atomic mass is 10.1. The third kappa shape index (κ3) is 4.08. The summed E-state index contributed by atoms with van der Waals surface area (Å²) in [6.45, 7) is 0.428. The summed E-state index contributed by atoms with van der Waals surface area (Å²) in [5.41, 5.74) is 2.28. The molecule has 24 heavy (non-hydrogen) atoms. The van der Waals surface area contributed by atoms with Gasteiger partial charge in [-0.05, 0) is 41.3 Å². The highest BCUT2D eigenvalue weighted by molar-refractivity contribution is 7.12. The first-order valence-corrected chi connectivity index (χ1v) is 8.37. The molecule has 0 atom stereocenters. The standard InChI is InChI=1S/C19H16N2O2S/c22-18(21-16-5-2-1-3-6-16)15-10-8-14(9-11-15)13-20-19(23)17-7-4-12-24-17/h1-12H,13H2,(H,20,23)(H,21,22). The molecule has 0 saturated carbocycles. The molecule has 3 aromatic rings. The molecule has 0 aliphatic rings. The van der Waals surface area contributed by atoms with Gasteiger partial charge in [-0.3, -0.25) is 9.59 Å². The number of benzene rings is 2. The van der Waals surface area contributed by atoms with Crippen LogP contribution in [0.15, 0.2) is 72.1 Å². The summed E-state index contributed by atoms with van der Waals surface area (Å²) in [5, 5.41) is 7.57. The minimum Gasteiger partial charge on any atom is -0.347 e. The monoisotopic (exact) mass is 336 g/mol. The molecule has 0 saturated heterocycles. The maximum atomic E-state index is 12.2. The van der Waals surface area contributed by atoms with E-state index in [2.05, 4.69) is 10.6 Å². The van der Waals surface area contributed by atoms with E-state index in [1.807, 2.05) is 53.9 Å². The number of hydrogen-bond donors (Lipinski definition) is 2. The van der Waals surface area contributed by atoms with E-state index in [-0.39, 0.29) is 11.8 Å². The highest BCUT2D eigenvalue weighted by atomic mass is 32.1. The van der Waals surface area contributed by atoms with Gasteiger partial charge in [0.1, 0.15) is 0 Å². The highest BCUT2D eigenvalue weighted by Crippen LogP contribution is 2.11. The van der Waals surface area contributed by atoms with Gasteiger partial charge in [0.2, 0.25) is 0 Å². The SMILES string of the molecule is O=C(Nc1ccccc1)c1ccc(CNC(=O)c2cccs2)cc1. The molecule has 0 bridgehead atoms. The van der Waals surface area contributed by atoms with E-state index in [0.29, 0.717) is 17.0 Å². The summed E-state index contributed by atoms with van der Waals surface area (Å²) in [5.74, 6) is -0.244. The van der Waals surface area contributed by atoms with Gasteiger partial charge in [-0.1, -0.05) is 36.4 Å². The van der Waals surface area contributed by atoms with Gasteiger partial charge in [-0.15, -0.1) is 11.3 Å². The van der Waals surface area contributed by atoms with E-state index < -0.39 is 0 Å². The summed E-state index contributed by atoms with van der Waals surface area (Å²) in [4.78, 5) is 24.7. The number of para-hydroxylation sites is 1. The van der Waals surface area contributed by atoms with E-state index in [1.165, 1.54) is 11.3 Å². The first kappa shape index (κ1) is 16.0. The maximum Gasteiger partial charge on any atom is 0.261 e. The summed E-state index contributed by atoms with van der Waals surface area (Å²) < 4.78 is 0. The smallest absolute Gasteiger partial charge is 0.261 e. The average Bonchev–Trinajstić information content (AvgIpc) is 3.16. The molecule has 0 fully saturated rings. The van der Waals surface area contributed by atoms with Gasteiger partial charge < -0.3 is 10.6 Å². The van der Waals surface area contributed by atoms with Crippen LogP contribution < -0.4 is 10.6 Å². The third-order valence-electron chi connectivity index (χ3n) is 3.45. The Balaban J connectivity index is 1.57. The van der Waals surface area contributed by atoms with Crippen molar-refractivity contribution >= 4 is 28.8 Å². The predicted octanol–water partition coefficient (Wildman–Crippen LogP) is 3.93. The molecule has 0 aliphatic carbocycles. The Morgan fingerprint density at radius 3 is 2.25 bits per heavy atom. The van der Waals surface area contributed by atoms with Crippen LogP contribution in [0.25, 0.3) is 0 Å². The number of anilines is 1. The summed E-state index contributed by atoms with van der Waals surface area (Å²) in [6.07, 6.45) is 0. The number of hydrogen-bond acceptors (Lipinski definition) is 3. The zero-order valence-electron chi connectivity index (χ0n) is 12.9. The molecular weight excluding hydrogens is 320 g/mol. The Hall–Kier alpha value is -2.92. The first-order chi connectivity index (χ1) is 11.7. The van der Waals surface area contributed by atoms with Gasteiger partial charge >= 0.3 is 0 Å². The Kier molecular flexibility index (Phi) is 5.03. The molecule has 0 unspecified atom stereocenters. The largest absolute Gasteiger partial charge is 0.347 e. The van der Waals surface area contributed by atoms with Crippen molar-refractivity contribution in [1.29, 1.82) is 0 Å². The summed E-state index contributed by atoms with van der Waals surface area (Å²) >= 11 is 1.41. The Morgan fingerprint density at radius 1 is 0.833 bits per heavy atom. The summed E-state index contributed by atoms with van der Waals surface area (Å²) in [6, 6.07) is 20.1. The predicted molar refractivity (Wildman–Crippen MR) is 96.3 cm³/mol. The average molecular weight is 336 g/mol. The van der Waals surface area contributed by atoms with Gasteiger partial charge in [0.25, 0.3) is 11.8 Å². The topological polar surface area (TPSA) is 58.2 Å². The Labute approximate surface area is 144 Å². The van der Waals surface area contributed by atoms with Crippen molar-refractivity contribution in [1.82, 2.24) is 5.32 Å². The van der Waals surface area contributed by atoms with E-state index in [9.17, 15) is 9.59 Å². The molecule has 1 aromatic heterocycles. The van der Waals surface area contributed by atoms with Crippen molar-refractivity contribution in [2.45, 2.75) is 6.54 Å². The second-order valence-electron chi connectivity index (χ2n) is 5.18. The van der Waals surface area contributed by atoms with Crippen LogP contribution in [-0.2, 0) is 6.54 Å². The van der Waals surface area contributed by atoms with Crippen molar-refractivity contribution in [2.24, 2.45) is 0 Å². The van der Waals surface area contributed by atoms with E-state index in [0.717, 1.165) is 11.3 Å². The highest BCUT2D eigenvalue weighted by Gasteiger charge is 2.08. The van der Waals surface area contributed by atoms with Gasteiger partial charge in [0, 0.05) is 17.8 Å². The zero-order valence-corrected chi connectivity index (χ0v) is 13.7. The van der Waals surface area contributed by atoms with Crippen LogP contribution in [0.4, 0.5) is 5.69 Å². The first-order valence-electron chi connectivity index (χ1n) is 7.49. The molecule has 5 heteroatoms. The van der Waals surface area contributed by atoms with Crippen molar-refractivity contribution in [2.75, 3.05) is 5.32 Å². The molecule has 2 N–H and O–H groups in total. The van der Waals surface area contributed by atoms with Gasteiger partial charge in [-0.25, -0.2) is 0 Å². The molecule has 120 valence electrons. The van der Waals surface area contributed by atoms with Crippen LogP contribution in [0.3, 0.4) is 0 Å². The number of carbonyl (C=O) groups is 2. The Bertz CT molecular complexity index is 812. The number of rotatable bonds is 5. The van der Waals surface area contributed by atoms with Crippen LogP contribution in [0.2, 0.25) is 0 Å². The van der Waals surface area contributed by atoms with Gasteiger partial charge in [0.15, 0.2) is 0 Å². The van der Waals surface area contributed by atoms with Crippen molar-refractivity contribution < 1.29 is 9.59 Å². The third-order valence-corrected chi connectivity index (χ3v) is 4.31. The van der Waals surface area contributed by atoms with E-state index in [1.54, 1.807) is 18.2 Å². The fourth-order valence-electron chi connectivity index (χ4n) is 2.18. The lowest BCUT2D eigenvalue weighted by molar-refractivity contribution is 0.0953. The van der Waals surface area contributed by atoms with E-state index in [4.69, 9.17) is 0 Å². The molecule has 1 heterocycles. The van der Waals surface area contributed by atoms with E-state index >= 15 is 0 Å². The zero-order chi connectivity index (χ0) is 16.8. The van der Waals surface area contributed by atoms with Gasteiger partial charge in [-0.2, -0.15) is 0 Å². The number of amides is 2. The van der Waals surface area contributed by atoms with Crippen molar-refractivity contribution in [3.05, 3.63) is 88.1 Å². The molecule has 0 spiro atoms. The number of thiophene rings is 1. The molecule has 2 aromatic carbocycles. The quantitative estimate of drug-likeness (QED) is 0.742. The molecule has 0 aliphatic heterocycles. The molecule has 2 amide bonds. The van der Waals surface area contributed by atoms with Crippen LogP contribution in [0, 0.1) is 0 Å². The molecule has 3 rings (SSSR count). The molecule has 0 radical (unpaired) electrons. The Morgan fingerprint density at radius 2 is 1.58 bits per heavy atom. The second kappa shape index (κ2) is 7.57. The van der Waals surface area contributed by atoms with Gasteiger partial charge in [0.05, 0.1) is 4.88 Å². The van der Waals surface area contributed by atoms with Crippen LogP contribution >= 0.6 is 11.3 Å². The second-order valence-corrected chi connectivity index (χ2v) is 6.12. The normalized spacial score (nSPS) is 10.2. The van der Waals surface area contributed by atoms with Crippen LogP contribution in [0.5, 0.6) is 0 Å². The number of carbonyl (C=O) groups excluding carboxylic acids is 2. The summed E-state index contributed by atoms with van der Waals surface area (Å²) in [7, 11) is 0. The molecular formula is C19H16N2O2S. The van der Waals surface area contributed by atoms with Crippen molar-refractivity contribution in [3.8, 4) is 0 Å². The lowest BCUT2D eigenvalue weighted by Gasteiger charge is -2.07. The fraction of sp³-hybridized carbons (Fsp3) is 0.0526. The minimum absolute atomic E-state index is 0.0871. The lowest BCUT2D eigenvalue weighted by Crippen LogP contribution is -2.21. The van der Waals surface area contributed by atoms with Crippen LogP contribution in [-0.4, -0.2) is 11.8 Å². The minimum atomic E-state index is -0.157. The fourth-order valence-corrected chi connectivity index (χ4v) is 2.82. The maximum absolute atomic E-state index is 12.2. The van der Waals surface area contributed by atoms with Crippen LogP contribution in [0.1, 0.15) is 25.6 Å². The number of nitrogens with one attached hydrogen (secondary N) is 2.